The van der Waals surface area contributed by atoms with Gasteiger partial charge in [0.1, 0.15) is 17.4 Å². The molecule has 4 nitrogen and oxygen atoms in total. The van der Waals surface area contributed by atoms with E-state index in [-0.39, 0.29) is 12.0 Å². The Bertz CT molecular complexity index is 630. The van der Waals surface area contributed by atoms with Crippen molar-refractivity contribution in [1.29, 1.82) is 0 Å². The summed E-state index contributed by atoms with van der Waals surface area (Å²) in [5.74, 6) is 0.956. The lowest BCUT2D eigenvalue weighted by Gasteiger charge is -2.03. The van der Waals surface area contributed by atoms with Crippen LogP contribution in [0.4, 0.5) is 0 Å². The monoisotopic (exact) mass is 259 g/mol. The summed E-state index contributed by atoms with van der Waals surface area (Å²) in [5.41, 5.74) is 3.27. The van der Waals surface area contributed by atoms with Crippen molar-refractivity contribution >= 4 is 16.9 Å². The van der Waals surface area contributed by atoms with Crippen molar-refractivity contribution in [2.45, 2.75) is 32.8 Å². The summed E-state index contributed by atoms with van der Waals surface area (Å²) in [6, 6.07) is 3.93. The highest BCUT2D eigenvalue weighted by atomic mass is 16.5. The molecular formula is C15H17NO3. The van der Waals surface area contributed by atoms with E-state index < -0.39 is 0 Å². The standard InChI is InChI=1S/C15H17NO3/c1-9-7-12-13(19-9)3-4-14-15(12)11(8-18-14)5-6-16-10(2)17/h3-4,8-9H,5-7H2,1-2H3,(H,16,17). The van der Waals surface area contributed by atoms with Crippen molar-refractivity contribution in [2.75, 3.05) is 6.54 Å². The Balaban J connectivity index is 1.93. The van der Waals surface area contributed by atoms with Crippen LogP contribution < -0.4 is 10.1 Å². The molecule has 4 heteroatoms. The summed E-state index contributed by atoms with van der Waals surface area (Å²) in [4.78, 5) is 10.9. The number of hydrogen-bond acceptors (Lipinski definition) is 3. The number of benzene rings is 1. The first-order valence-corrected chi connectivity index (χ1v) is 6.58. The zero-order valence-corrected chi connectivity index (χ0v) is 11.2. The van der Waals surface area contributed by atoms with Crippen molar-refractivity contribution in [2.24, 2.45) is 0 Å². The van der Waals surface area contributed by atoms with Gasteiger partial charge in [0.05, 0.1) is 6.26 Å². The fourth-order valence-corrected chi connectivity index (χ4v) is 2.67. The van der Waals surface area contributed by atoms with E-state index in [9.17, 15) is 4.79 Å². The molecule has 0 fully saturated rings. The van der Waals surface area contributed by atoms with Crippen molar-refractivity contribution in [3.63, 3.8) is 0 Å². The number of fused-ring (bicyclic) bond motifs is 3. The zero-order chi connectivity index (χ0) is 13.4. The molecule has 0 bridgehead atoms. The second kappa shape index (κ2) is 4.61. The molecule has 0 radical (unpaired) electrons. The van der Waals surface area contributed by atoms with Gasteiger partial charge in [-0.1, -0.05) is 0 Å². The van der Waals surface area contributed by atoms with E-state index in [1.807, 2.05) is 12.1 Å². The Hall–Kier alpha value is -1.97. The Morgan fingerprint density at radius 2 is 2.32 bits per heavy atom. The Morgan fingerprint density at radius 3 is 3.11 bits per heavy atom. The molecule has 2 aromatic rings. The summed E-state index contributed by atoms with van der Waals surface area (Å²) in [5, 5.41) is 3.97. The first-order chi connectivity index (χ1) is 9.15. The van der Waals surface area contributed by atoms with Crippen LogP contribution in [0.15, 0.2) is 22.8 Å². The van der Waals surface area contributed by atoms with Crippen molar-refractivity contribution in [3.05, 3.63) is 29.5 Å². The second-order valence-electron chi connectivity index (χ2n) is 5.04. The van der Waals surface area contributed by atoms with E-state index in [0.717, 1.165) is 35.1 Å². The molecule has 1 unspecified atom stereocenters. The Labute approximate surface area is 111 Å². The molecule has 0 spiro atoms. The summed E-state index contributed by atoms with van der Waals surface area (Å²) < 4.78 is 11.4. The minimum absolute atomic E-state index is 0.00464. The number of nitrogens with one attached hydrogen (secondary N) is 1. The third-order valence-electron chi connectivity index (χ3n) is 3.47. The minimum atomic E-state index is -0.00464. The van der Waals surface area contributed by atoms with Gasteiger partial charge in [-0.15, -0.1) is 0 Å². The fourth-order valence-electron chi connectivity index (χ4n) is 2.67. The van der Waals surface area contributed by atoms with Gasteiger partial charge in [-0.05, 0) is 25.5 Å². The van der Waals surface area contributed by atoms with Crippen molar-refractivity contribution < 1.29 is 13.9 Å². The fraction of sp³-hybridized carbons (Fsp3) is 0.400. The molecule has 3 rings (SSSR count). The lowest BCUT2D eigenvalue weighted by molar-refractivity contribution is -0.118. The van der Waals surface area contributed by atoms with Gasteiger partial charge >= 0.3 is 0 Å². The number of furan rings is 1. The Kier molecular flexibility index (Phi) is 2.93. The number of rotatable bonds is 3. The number of carbonyl (C=O) groups excluding carboxylic acids is 1. The number of ether oxygens (including phenoxy) is 1. The van der Waals surface area contributed by atoms with E-state index in [4.69, 9.17) is 9.15 Å². The molecule has 1 N–H and O–H groups in total. The van der Waals surface area contributed by atoms with Gasteiger partial charge in [0.25, 0.3) is 0 Å². The van der Waals surface area contributed by atoms with Crippen LogP contribution in [0.1, 0.15) is 25.0 Å². The zero-order valence-electron chi connectivity index (χ0n) is 11.2. The normalized spacial score (nSPS) is 17.3. The van der Waals surface area contributed by atoms with Crippen LogP contribution in [0, 0.1) is 0 Å². The predicted octanol–water partition coefficient (Wildman–Crippen LogP) is 2.43. The maximum atomic E-state index is 10.9. The van der Waals surface area contributed by atoms with Crippen LogP contribution in [-0.2, 0) is 17.6 Å². The van der Waals surface area contributed by atoms with Crippen molar-refractivity contribution in [3.8, 4) is 5.75 Å². The lowest BCUT2D eigenvalue weighted by Crippen LogP contribution is -2.22. The second-order valence-corrected chi connectivity index (χ2v) is 5.04. The molecule has 1 atom stereocenters. The highest BCUT2D eigenvalue weighted by Crippen LogP contribution is 2.37. The highest BCUT2D eigenvalue weighted by Gasteiger charge is 2.23. The van der Waals surface area contributed by atoms with Gasteiger partial charge in [0.15, 0.2) is 0 Å². The topological polar surface area (TPSA) is 51.5 Å². The molecular weight excluding hydrogens is 242 g/mol. The van der Waals surface area contributed by atoms with E-state index in [1.165, 1.54) is 12.5 Å². The van der Waals surface area contributed by atoms with E-state index in [0.29, 0.717) is 6.54 Å². The average molecular weight is 259 g/mol. The Morgan fingerprint density at radius 1 is 1.47 bits per heavy atom. The van der Waals surface area contributed by atoms with Crippen LogP contribution in [0.5, 0.6) is 5.75 Å². The van der Waals surface area contributed by atoms with Gasteiger partial charge in [-0.3, -0.25) is 4.79 Å². The smallest absolute Gasteiger partial charge is 0.216 e. The summed E-state index contributed by atoms with van der Waals surface area (Å²) in [6.45, 7) is 4.23. The van der Waals surface area contributed by atoms with Crippen LogP contribution >= 0.6 is 0 Å². The van der Waals surface area contributed by atoms with E-state index >= 15 is 0 Å². The molecule has 0 aliphatic carbocycles. The van der Waals surface area contributed by atoms with E-state index in [1.54, 1.807) is 6.26 Å². The SMILES string of the molecule is CC(=O)NCCc1coc2ccc3c(c12)CC(C)O3. The molecule has 1 aliphatic rings. The van der Waals surface area contributed by atoms with Crippen molar-refractivity contribution in [1.82, 2.24) is 5.32 Å². The van der Waals surface area contributed by atoms with Crippen LogP contribution in [0.3, 0.4) is 0 Å². The summed E-state index contributed by atoms with van der Waals surface area (Å²) >= 11 is 0. The predicted molar refractivity (Wildman–Crippen MR) is 72.4 cm³/mol. The molecule has 19 heavy (non-hydrogen) atoms. The molecule has 0 saturated heterocycles. The molecule has 1 aliphatic heterocycles. The van der Waals surface area contributed by atoms with Gasteiger partial charge in [-0.25, -0.2) is 0 Å². The highest BCUT2D eigenvalue weighted by molar-refractivity contribution is 5.87. The third-order valence-corrected chi connectivity index (χ3v) is 3.47. The number of carbonyl (C=O) groups is 1. The third kappa shape index (κ3) is 2.18. The minimum Gasteiger partial charge on any atom is -0.490 e. The lowest BCUT2D eigenvalue weighted by atomic mass is 10.0. The molecule has 1 aromatic carbocycles. The van der Waals surface area contributed by atoms with E-state index in [2.05, 4.69) is 12.2 Å². The first kappa shape index (κ1) is 12.1. The molecule has 2 heterocycles. The molecule has 1 amide bonds. The number of hydrogen-bond donors (Lipinski definition) is 1. The molecule has 0 saturated carbocycles. The summed E-state index contributed by atoms with van der Waals surface area (Å²) in [6.07, 6.45) is 3.70. The van der Waals surface area contributed by atoms with Crippen LogP contribution in [0.25, 0.3) is 11.0 Å². The van der Waals surface area contributed by atoms with Gasteiger partial charge in [-0.2, -0.15) is 0 Å². The maximum absolute atomic E-state index is 10.9. The van der Waals surface area contributed by atoms with Gasteiger partial charge < -0.3 is 14.5 Å². The average Bonchev–Trinajstić information content (AvgIpc) is 2.90. The molecule has 1 aromatic heterocycles. The first-order valence-electron chi connectivity index (χ1n) is 6.58. The van der Waals surface area contributed by atoms with Gasteiger partial charge in [0.2, 0.25) is 5.91 Å². The number of amides is 1. The largest absolute Gasteiger partial charge is 0.490 e. The summed E-state index contributed by atoms with van der Waals surface area (Å²) in [7, 11) is 0. The van der Waals surface area contributed by atoms with Crippen LogP contribution in [0.2, 0.25) is 0 Å². The van der Waals surface area contributed by atoms with Crippen LogP contribution in [-0.4, -0.2) is 18.6 Å². The van der Waals surface area contributed by atoms with Gasteiger partial charge in [0, 0.05) is 36.4 Å². The quantitative estimate of drug-likeness (QED) is 0.921. The molecule has 100 valence electrons. The maximum Gasteiger partial charge on any atom is 0.216 e.